The molecule has 252 valence electrons. The van der Waals surface area contributed by atoms with Gasteiger partial charge in [-0.05, 0) is 82.3 Å². The lowest BCUT2D eigenvalue weighted by molar-refractivity contribution is -0.143. The smallest absolute Gasteiger partial charge is 0.408 e. The highest BCUT2D eigenvalue weighted by molar-refractivity contribution is 5.93. The summed E-state index contributed by atoms with van der Waals surface area (Å²) in [6.45, 7) is 10.2. The molecule has 6 atom stereocenters. The molecule has 3 aliphatic rings. The van der Waals surface area contributed by atoms with Gasteiger partial charge in [0, 0.05) is 6.07 Å². The second kappa shape index (κ2) is 13.0. The van der Waals surface area contributed by atoms with Gasteiger partial charge in [0.2, 0.25) is 11.8 Å². The molecule has 0 unspecified atom stereocenters. The van der Waals surface area contributed by atoms with Crippen LogP contribution in [0.5, 0.6) is 11.6 Å². The van der Waals surface area contributed by atoms with Gasteiger partial charge in [-0.2, -0.15) is 0 Å². The van der Waals surface area contributed by atoms with Crippen molar-refractivity contribution in [2.45, 2.75) is 129 Å². The van der Waals surface area contributed by atoms with Crippen LogP contribution < -0.4 is 14.8 Å². The van der Waals surface area contributed by atoms with E-state index in [1.165, 1.54) is 11.8 Å². The summed E-state index contributed by atoms with van der Waals surface area (Å²) in [5.41, 5.74) is -1.82. The molecule has 5 rings (SSSR count). The Kier molecular flexibility index (Phi) is 9.53. The van der Waals surface area contributed by atoms with Crippen molar-refractivity contribution in [3.8, 4) is 11.6 Å². The maximum Gasteiger partial charge on any atom is 0.408 e. The van der Waals surface area contributed by atoms with Gasteiger partial charge in [-0.1, -0.05) is 40.5 Å². The van der Waals surface area contributed by atoms with E-state index in [1.54, 1.807) is 20.1 Å². The fourth-order valence-corrected chi connectivity index (χ4v) is 7.60. The number of Topliss-reactive ketones (excluding diaryl/α,β-unsaturated/α-hetero) is 1. The molecular formula is C35H49FN4O6. The van der Waals surface area contributed by atoms with Crippen molar-refractivity contribution >= 4 is 28.8 Å². The number of benzene rings is 1. The maximum atomic E-state index is 17.2. The molecular weight excluding hydrogens is 591 g/mol. The number of hydrogen-bond acceptors (Lipinski definition) is 8. The van der Waals surface area contributed by atoms with E-state index in [0.717, 1.165) is 44.9 Å². The van der Waals surface area contributed by atoms with Crippen LogP contribution in [-0.2, 0) is 20.7 Å². The predicted octanol–water partition coefficient (Wildman–Crippen LogP) is 6.12. The normalized spacial score (nSPS) is 31.2. The summed E-state index contributed by atoms with van der Waals surface area (Å²) in [4.78, 5) is 51.8. The molecule has 1 aliphatic carbocycles. The summed E-state index contributed by atoms with van der Waals surface area (Å²) in [7, 11) is 1.57. The van der Waals surface area contributed by atoms with Crippen molar-refractivity contribution in [3.05, 3.63) is 23.9 Å². The molecule has 2 fully saturated rings. The Morgan fingerprint density at radius 3 is 2.54 bits per heavy atom. The first kappa shape index (κ1) is 33.9. The minimum absolute atomic E-state index is 0.0781. The molecule has 11 heteroatoms. The van der Waals surface area contributed by atoms with E-state index in [-0.39, 0.29) is 24.8 Å². The Morgan fingerprint density at radius 1 is 1.13 bits per heavy atom. The van der Waals surface area contributed by atoms with Gasteiger partial charge in [0.1, 0.15) is 29.1 Å². The molecule has 1 aromatic heterocycles. The minimum atomic E-state index is -2.21. The summed E-state index contributed by atoms with van der Waals surface area (Å²) in [6, 6.07) is 2.92. The number of alkyl halides is 1. The Morgan fingerprint density at radius 2 is 1.87 bits per heavy atom. The van der Waals surface area contributed by atoms with Gasteiger partial charge in [-0.15, -0.1) is 0 Å². The summed E-state index contributed by atoms with van der Waals surface area (Å²) >= 11 is 0. The second-order valence-corrected chi connectivity index (χ2v) is 14.6. The first-order valence-electron chi connectivity index (χ1n) is 16.7. The fourth-order valence-electron chi connectivity index (χ4n) is 7.60. The first-order valence-corrected chi connectivity index (χ1v) is 16.7. The number of aromatic nitrogens is 2. The lowest BCUT2D eigenvalue weighted by Gasteiger charge is -2.37. The van der Waals surface area contributed by atoms with Crippen LogP contribution in [0, 0.1) is 11.3 Å². The molecule has 2 bridgehead atoms. The number of ether oxygens (including phenoxy) is 3. The van der Waals surface area contributed by atoms with E-state index in [0.29, 0.717) is 28.9 Å². The number of nitrogens with zero attached hydrogens (tertiary/aromatic N) is 3. The van der Waals surface area contributed by atoms with Gasteiger partial charge in [0.15, 0.2) is 17.6 Å². The molecule has 10 nitrogen and oxygen atoms in total. The molecule has 1 saturated heterocycles. The van der Waals surface area contributed by atoms with Gasteiger partial charge in [0.05, 0.1) is 24.7 Å². The number of methoxy groups -OCH3 is 1. The maximum absolute atomic E-state index is 17.2. The fraction of sp³-hybridized carbons (Fsp3) is 0.686. The molecule has 1 saturated carbocycles. The second-order valence-electron chi connectivity index (χ2n) is 14.6. The van der Waals surface area contributed by atoms with Crippen molar-refractivity contribution in [2.24, 2.45) is 11.3 Å². The van der Waals surface area contributed by atoms with Gasteiger partial charge in [-0.3, -0.25) is 9.59 Å². The molecule has 1 N–H and O–H groups in total. The summed E-state index contributed by atoms with van der Waals surface area (Å²) in [5, 5.41) is 2.82. The van der Waals surface area contributed by atoms with E-state index >= 15 is 4.39 Å². The van der Waals surface area contributed by atoms with Crippen LogP contribution in [0.25, 0.3) is 11.0 Å². The molecule has 2 aromatic rings. The number of alkyl carbamates (subject to hydrolysis) is 1. The van der Waals surface area contributed by atoms with Gasteiger partial charge in [0.25, 0.3) is 0 Å². The van der Waals surface area contributed by atoms with Crippen molar-refractivity contribution in [2.75, 3.05) is 13.7 Å². The highest BCUT2D eigenvalue weighted by Gasteiger charge is 2.60. The van der Waals surface area contributed by atoms with Crippen LogP contribution in [-0.4, -0.2) is 75.8 Å². The average molecular weight is 641 g/mol. The van der Waals surface area contributed by atoms with Crippen LogP contribution in [0.2, 0.25) is 0 Å². The van der Waals surface area contributed by atoms with E-state index in [2.05, 4.69) is 5.32 Å². The SMILES string of the molecule is CC[C@]1(F)[C@@H]2CN(C(=O)[C@H](C(C)(C)C)NC(=O)O[C@]3(C)CCC[C@H]3CCCCCc3nc4ccc(OC)cc4nc3O2)[C@@H]1C(C)=O. The summed E-state index contributed by atoms with van der Waals surface area (Å²) in [6.07, 6.45) is 4.88. The number of carbonyl (C=O) groups is 3. The van der Waals surface area contributed by atoms with E-state index in [4.69, 9.17) is 24.2 Å². The van der Waals surface area contributed by atoms with Gasteiger partial charge in [-0.25, -0.2) is 19.2 Å². The number of amides is 2. The molecule has 46 heavy (non-hydrogen) atoms. The van der Waals surface area contributed by atoms with Crippen molar-refractivity contribution in [3.63, 3.8) is 0 Å². The molecule has 3 heterocycles. The third kappa shape index (κ3) is 6.51. The highest BCUT2D eigenvalue weighted by Crippen LogP contribution is 2.43. The summed E-state index contributed by atoms with van der Waals surface area (Å²) in [5.74, 6) is -0.0663. The van der Waals surface area contributed by atoms with Crippen LogP contribution in [0.4, 0.5) is 9.18 Å². The Hall–Kier alpha value is -3.50. The zero-order valence-corrected chi connectivity index (χ0v) is 28.3. The van der Waals surface area contributed by atoms with Crippen LogP contribution in [0.1, 0.15) is 98.6 Å². The average Bonchev–Trinajstić information content (AvgIpc) is 3.50. The zero-order valence-electron chi connectivity index (χ0n) is 28.3. The number of carbonyl (C=O) groups excluding carboxylic acids is 3. The standard InChI is InChI=1S/C35H49FN4O6/c1-8-35(36)27-20-40(29(35)21(2)41)31(42)28(33(3,4)5)39-32(43)46-34(6)18-12-14-22(34)13-10-9-11-15-25-30(45-27)38-26-19-23(44-7)16-17-24(26)37-25/h16-17,19,22,27-29H,8-15,18,20H2,1-7H3,(H,39,43)/t22-,27+,28-,29-,34-,35+/m1/s1. The first-order chi connectivity index (χ1) is 21.7. The molecule has 0 spiro atoms. The lowest BCUT2D eigenvalue weighted by Crippen LogP contribution is -2.59. The number of fused-ring (bicyclic) bond motifs is 5. The topological polar surface area (TPSA) is 120 Å². The number of rotatable bonds is 3. The quantitative estimate of drug-likeness (QED) is 0.426. The van der Waals surface area contributed by atoms with Crippen LogP contribution >= 0.6 is 0 Å². The molecule has 1 aromatic carbocycles. The van der Waals surface area contributed by atoms with E-state index < -0.39 is 52.7 Å². The lowest BCUT2D eigenvalue weighted by atomic mass is 9.85. The van der Waals surface area contributed by atoms with Crippen molar-refractivity contribution in [1.29, 1.82) is 0 Å². The largest absolute Gasteiger partial charge is 0.497 e. The third-order valence-corrected chi connectivity index (χ3v) is 10.3. The molecule has 2 aliphatic heterocycles. The number of aryl methyl sites for hydroxylation is 1. The van der Waals surface area contributed by atoms with Gasteiger partial charge < -0.3 is 24.4 Å². The van der Waals surface area contributed by atoms with Crippen LogP contribution in [0.3, 0.4) is 0 Å². The predicted molar refractivity (Wildman–Crippen MR) is 172 cm³/mol. The highest BCUT2D eigenvalue weighted by atomic mass is 19.1. The zero-order chi connectivity index (χ0) is 33.4. The Labute approximate surface area is 271 Å². The third-order valence-electron chi connectivity index (χ3n) is 10.3. The molecule has 2 amide bonds. The molecule has 0 radical (unpaired) electrons. The number of ketones is 1. The van der Waals surface area contributed by atoms with Crippen molar-refractivity contribution < 1.29 is 33.0 Å². The van der Waals surface area contributed by atoms with E-state index in [9.17, 15) is 14.4 Å². The number of halogens is 1. The minimum Gasteiger partial charge on any atom is -0.497 e. The Bertz CT molecular complexity index is 1480. The monoisotopic (exact) mass is 640 g/mol. The number of nitrogens with one attached hydrogen (secondary N) is 1. The van der Waals surface area contributed by atoms with Crippen molar-refractivity contribution in [1.82, 2.24) is 20.2 Å². The summed E-state index contributed by atoms with van der Waals surface area (Å²) < 4.78 is 35.1. The Balaban J connectivity index is 1.59. The number of hydrogen-bond donors (Lipinski definition) is 1. The van der Waals surface area contributed by atoms with Crippen LogP contribution in [0.15, 0.2) is 18.2 Å². The van der Waals surface area contributed by atoms with E-state index in [1.807, 2.05) is 39.8 Å². The van der Waals surface area contributed by atoms with Gasteiger partial charge >= 0.3 is 6.09 Å².